The van der Waals surface area contributed by atoms with Crippen molar-refractivity contribution in [3.63, 3.8) is 0 Å². The topological polar surface area (TPSA) is 97.0 Å². The lowest BCUT2D eigenvalue weighted by atomic mass is 10.1. The van der Waals surface area contributed by atoms with E-state index in [4.69, 9.17) is 9.47 Å². The van der Waals surface area contributed by atoms with E-state index < -0.39 is 23.8 Å². The third kappa shape index (κ3) is 3.80. The Morgan fingerprint density at radius 3 is 2.50 bits per heavy atom. The first-order chi connectivity index (χ1) is 14.4. The van der Waals surface area contributed by atoms with Crippen molar-refractivity contribution in [1.29, 1.82) is 0 Å². The Hall–Kier alpha value is -3.55. The van der Waals surface area contributed by atoms with Gasteiger partial charge >= 0.3 is 0 Å². The molecule has 2 aromatic rings. The number of nitrogens with zero attached hydrogens (tertiary/aromatic N) is 1. The van der Waals surface area contributed by atoms with Crippen LogP contribution in [-0.4, -0.2) is 37.0 Å². The molecule has 0 aromatic heterocycles. The average molecular weight is 409 g/mol. The number of nitrogens with one attached hydrogen (secondary N) is 2. The Balaban J connectivity index is 1.33. The molecule has 0 spiro atoms. The van der Waals surface area contributed by atoms with Gasteiger partial charge in [-0.2, -0.15) is 0 Å². The van der Waals surface area contributed by atoms with E-state index in [2.05, 4.69) is 10.9 Å². The van der Waals surface area contributed by atoms with Gasteiger partial charge in [-0.15, -0.1) is 0 Å². The number of rotatable bonds is 3. The largest absolute Gasteiger partial charge is 0.485 e. The van der Waals surface area contributed by atoms with Gasteiger partial charge in [0.2, 0.25) is 12.0 Å². The van der Waals surface area contributed by atoms with Gasteiger partial charge in [0, 0.05) is 12.2 Å². The van der Waals surface area contributed by atoms with Crippen LogP contribution in [0.1, 0.15) is 17.5 Å². The zero-order valence-corrected chi connectivity index (χ0v) is 16.8. The van der Waals surface area contributed by atoms with E-state index in [-0.39, 0.29) is 12.5 Å². The van der Waals surface area contributed by atoms with E-state index in [1.54, 1.807) is 23.1 Å². The number of hydrazine groups is 1. The number of hydrogen-bond acceptors (Lipinski definition) is 5. The fourth-order valence-electron chi connectivity index (χ4n) is 3.51. The summed E-state index contributed by atoms with van der Waals surface area (Å²) in [6.45, 7) is 4.46. The van der Waals surface area contributed by atoms with Crippen molar-refractivity contribution in [2.45, 2.75) is 26.4 Å². The van der Waals surface area contributed by atoms with Crippen molar-refractivity contribution in [2.24, 2.45) is 5.92 Å². The molecule has 3 amide bonds. The molecule has 2 N–H and O–H groups in total. The van der Waals surface area contributed by atoms with Crippen molar-refractivity contribution in [3.8, 4) is 11.5 Å². The van der Waals surface area contributed by atoms with E-state index in [0.29, 0.717) is 24.5 Å². The number of benzene rings is 2. The summed E-state index contributed by atoms with van der Waals surface area (Å²) in [5.41, 5.74) is 7.67. The van der Waals surface area contributed by atoms with Gasteiger partial charge in [0.15, 0.2) is 11.5 Å². The smallest absolute Gasteiger partial charge is 0.283 e. The lowest BCUT2D eigenvalue weighted by molar-refractivity contribution is -0.138. The highest BCUT2D eigenvalue weighted by molar-refractivity contribution is 6.09. The molecule has 0 unspecified atom stereocenters. The molecule has 1 saturated heterocycles. The molecule has 2 aliphatic rings. The van der Waals surface area contributed by atoms with Crippen LogP contribution in [0.15, 0.2) is 42.5 Å². The Bertz CT molecular complexity index is 1010. The Morgan fingerprint density at radius 2 is 1.73 bits per heavy atom. The Morgan fingerprint density at radius 1 is 1.00 bits per heavy atom. The second-order valence-corrected chi connectivity index (χ2v) is 7.44. The summed E-state index contributed by atoms with van der Waals surface area (Å²) in [6.07, 6.45) is -0.518. The number of carbonyl (C=O) groups is 3. The minimum Gasteiger partial charge on any atom is -0.485 e. The molecule has 1 fully saturated rings. The quantitative estimate of drug-likeness (QED) is 0.594. The highest BCUT2D eigenvalue weighted by atomic mass is 16.6. The number of para-hydroxylation sites is 2. The van der Waals surface area contributed by atoms with Crippen molar-refractivity contribution in [1.82, 2.24) is 10.9 Å². The van der Waals surface area contributed by atoms with E-state index in [1.807, 2.05) is 38.1 Å². The fourth-order valence-corrected chi connectivity index (χ4v) is 3.51. The molecule has 0 bridgehead atoms. The van der Waals surface area contributed by atoms with Gasteiger partial charge in [0.05, 0.1) is 0 Å². The number of hydrogen-bond donors (Lipinski definition) is 2. The van der Waals surface area contributed by atoms with E-state index >= 15 is 0 Å². The summed E-state index contributed by atoms with van der Waals surface area (Å²) in [7, 11) is 0. The standard InChI is InChI=1S/C22H23N3O5/c1-13-7-8-15(11-14(13)2)25-10-9-16(22(25)28)20(26)23-24-21(27)19-12-29-17-5-3-4-6-18(17)30-19/h3-8,11,16,19H,9-10,12H2,1-2H3,(H,23,26)(H,24,27)/t16-,19-/m1/s1. The molecule has 0 aliphatic carbocycles. The molecule has 2 aromatic carbocycles. The molecule has 30 heavy (non-hydrogen) atoms. The lowest BCUT2D eigenvalue weighted by Gasteiger charge is -2.25. The third-order valence-corrected chi connectivity index (χ3v) is 5.43. The maximum atomic E-state index is 12.7. The molecule has 8 nitrogen and oxygen atoms in total. The zero-order valence-electron chi connectivity index (χ0n) is 16.8. The molecule has 0 radical (unpaired) electrons. The molecule has 8 heteroatoms. The molecule has 2 aliphatic heterocycles. The summed E-state index contributed by atoms with van der Waals surface area (Å²) in [4.78, 5) is 39.2. The first-order valence-electron chi connectivity index (χ1n) is 9.81. The number of carbonyl (C=O) groups excluding carboxylic acids is 3. The predicted octanol–water partition coefficient (Wildman–Crippen LogP) is 1.64. The highest BCUT2D eigenvalue weighted by Gasteiger charge is 2.38. The number of ether oxygens (including phenoxy) is 2. The summed E-state index contributed by atoms with van der Waals surface area (Å²) >= 11 is 0. The van der Waals surface area contributed by atoms with Gasteiger partial charge in [0.25, 0.3) is 11.8 Å². The van der Waals surface area contributed by atoms with Crippen LogP contribution in [-0.2, 0) is 14.4 Å². The minimum atomic E-state index is -0.897. The normalized spacial score (nSPS) is 20.1. The average Bonchev–Trinajstić information content (AvgIpc) is 3.14. The van der Waals surface area contributed by atoms with E-state index in [0.717, 1.165) is 16.8 Å². The van der Waals surface area contributed by atoms with Crippen LogP contribution in [0.3, 0.4) is 0 Å². The fraction of sp³-hybridized carbons (Fsp3) is 0.318. The van der Waals surface area contributed by atoms with Gasteiger partial charge in [-0.05, 0) is 55.7 Å². The van der Waals surface area contributed by atoms with Gasteiger partial charge in [-0.1, -0.05) is 18.2 Å². The molecular formula is C22H23N3O5. The monoisotopic (exact) mass is 409 g/mol. The van der Waals surface area contributed by atoms with Crippen LogP contribution in [0.2, 0.25) is 0 Å². The number of fused-ring (bicyclic) bond motifs is 1. The molecule has 2 heterocycles. The van der Waals surface area contributed by atoms with Crippen LogP contribution in [0.5, 0.6) is 11.5 Å². The second-order valence-electron chi connectivity index (χ2n) is 7.44. The minimum absolute atomic E-state index is 0.0294. The SMILES string of the molecule is Cc1ccc(N2CC[C@H](C(=O)NNC(=O)[C@H]3COc4ccccc4O3)C2=O)cc1C. The van der Waals surface area contributed by atoms with Crippen molar-refractivity contribution < 1.29 is 23.9 Å². The number of amides is 3. The molecule has 4 rings (SSSR count). The number of anilines is 1. The van der Waals surface area contributed by atoms with Crippen molar-refractivity contribution in [3.05, 3.63) is 53.6 Å². The summed E-state index contributed by atoms with van der Waals surface area (Å²) in [6, 6.07) is 12.8. The highest BCUT2D eigenvalue weighted by Crippen LogP contribution is 2.31. The maximum absolute atomic E-state index is 12.7. The van der Waals surface area contributed by atoms with E-state index in [9.17, 15) is 14.4 Å². The van der Waals surface area contributed by atoms with Crippen molar-refractivity contribution in [2.75, 3.05) is 18.1 Å². The van der Waals surface area contributed by atoms with Crippen LogP contribution >= 0.6 is 0 Å². The molecular weight excluding hydrogens is 386 g/mol. The van der Waals surface area contributed by atoms with Crippen LogP contribution < -0.4 is 25.2 Å². The Kier molecular flexibility index (Phi) is 5.31. The maximum Gasteiger partial charge on any atom is 0.283 e. The summed E-state index contributed by atoms with van der Waals surface area (Å²) in [5.74, 6) is -1.20. The molecule has 0 saturated carbocycles. The van der Waals surface area contributed by atoms with Crippen LogP contribution in [0, 0.1) is 19.8 Å². The third-order valence-electron chi connectivity index (χ3n) is 5.43. The first kappa shape index (κ1) is 19.8. The van der Waals surface area contributed by atoms with Gasteiger partial charge in [-0.3, -0.25) is 25.2 Å². The van der Waals surface area contributed by atoms with Crippen molar-refractivity contribution >= 4 is 23.4 Å². The van der Waals surface area contributed by atoms with Gasteiger partial charge in [0.1, 0.15) is 12.5 Å². The van der Waals surface area contributed by atoms with Gasteiger partial charge < -0.3 is 14.4 Å². The molecule has 2 atom stereocenters. The van der Waals surface area contributed by atoms with E-state index in [1.165, 1.54) is 0 Å². The van der Waals surface area contributed by atoms with Crippen LogP contribution in [0.4, 0.5) is 5.69 Å². The summed E-state index contributed by atoms with van der Waals surface area (Å²) < 4.78 is 11.1. The second kappa shape index (κ2) is 8.06. The first-order valence-corrected chi connectivity index (χ1v) is 9.81. The van der Waals surface area contributed by atoms with Gasteiger partial charge in [-0.25, -0.2) is 0 Å². The van der Waals surface area contributed by atoms with Crippen LogP contribution in [0.25, 0.3) is 0 Å². The lowest BCUT2D eigenvalue weighted by Crippen LogP contribution is -2.52. The Labute approximate surface area is 174 Å². The number of aryl methyl sites for hydroxylation is 2. The zero-order chi connectivity index (χ0) is 21.3. The summed E-state index contributed by atoms with van der Waals surface area (Å²) in [5, 5.41) is 0. The molecule has 156 valence electrons. The predicted molar refractivity (Wildman–Crippen MR) is 109 cm³/mol.